The van der Waals surface area contributed by atoms with Crippen molar-refractivity contribution in [3.05, 3.63) is 45.6 Å². The Balaban J connectivity index is 2.31. The molecule has 1 unspecified atom stereocenters. The Labute approximate surface area is 149 Å². The summed E-state index contributed by atoms with van der Waals surface area (Å²) in [6.45, 7) is 2.02. The van der Waals surface area contributed by atoms with Crippen molar-refractivity contribution in [2.45, 2.75) is 17.9 Å². The van der Waals surface area contributed by atoms with E-state index in [2.05, 4.69) is 0 Å². The van der Waals surface area contributed by atoms with Crippen LogP contribution in [0.4, 0.5) is 0 Å². The monoisotopic (exact) mass is 389 g/mol. The normalized spacial score (nSPS) is 12.6. The average molecular weight is 390 g/mol. The van der Waals surface area contributed by atoms with Crippen LogP contribution in [-0.2, 0) is 14.8 Å². The number of hydrogen-bond acceptors (Lipinski definition) is 6. The van der Waals surface area contributed by atoms with Crippen LogP contribution in [-0.4, -0.2) is 34.1 Å². The molecule has 2 rings (SSSR count). The molecule has 1 atom stereocenters. The van der Waals surface area contributed by atoms with Crippen molar-refractivity contribution in [1.29, 1.82) is 0 Å². The van der Waals surface area contributed by atoms with Gasteiger partial charge in [-0.15, -0.1) is 11.3 Å². The lowest BCUT2D eigenvalue weighted by atomic mass is 10.3. The van der Waals surface area contributed by atoms with E-state index in [0.717, 1.165) is 11.3 Å². The van der Waals surface area contributed by atoms with Crippen LogP contribution in [0, 0.1) is 0 Å². The molecule has 6 nitrogen and oxygen atoms in total. The number of sulfonamides is 1. The zero-order valence-corrected chi connectivity index (χ0v) is 15.4. The Morgan fingerprint density at radius 3 is 2.75 bits per heavy atom. The minimum absolute atomic E-state index is 0.0930. The molecular formula is C15H16ClNO5S2. The Kier molecular flexibility index (Phi) is 6.22. The lowest BCUT2D eigenvalue weighted by molar-refractivity contribution is 0.0900. The lowest BCUT2D eigenvalue weighted by Crippen LogP contribution is -2.31. The average Bonchev–Trinajstić information content (AvgIpc) is 3.03. The highest BCUT2D eigenvalue weighted by Gasteiger charge is 2.24. The van der Waals surface area contributed by atoms with E-state index in [4.69, 9.17) is 21.1 Å². The van der Waals surface area contributed by atoms with Gasteiger partial charge in [-0.1, -0.05) is 17.7 Å². The van der Waals surface area contributed by atoms with E-state index in [-0.39, 0.29) is 33.3 Å². The summed E-state index contributed by atoms with van der Waals surface area (Å²) in [5, 5.41) is 1.90. The summed E-state index contributed by atoms with van der Waals surface area (Å²) in [5.74, 6) is -0.615. The summed E-state index contributed by atoms with van der Waals surface area (Å²) in [7, 11) is -2.63. The molecule has 0 radical (unpaired) electrons. The topological polar surface area (TPSA) is 81.7 Å². The number of ether oxygens (including phenoxy) is 2. The summed E-state index contributed by atoms with van der Waals surface area (Å²) in [4.78, 5) is 12.1. The Morgan fingerprint density at radius 2 is 2.12 bits per heavy atom. The van der Waals surface area contributed by atoms with Gasteiger partial charge in [-0.3, -0.25) is 4.79 Å². The van der Waals surface area contributed by atoms with Crippen molar-refractivity contribution < 1.29 is 22.7 Å². The van der Waals surface area contributed by atoms with Crippen molar-refractivity contribution in [3.8, 4) is 5.75 Å². The molecule has 130 valence electrons. The van der Waals surface area contributed by atoms with Crippen LogP contribution in [0.1, 0.15) is 16.6 Å². The number of amides is 1. The zero-order chi connectivity index (χ0) is 17.7. The smallest absolute Gasteiger partial charge is 0.275 e. The fourth-order valence-electron chi connectivity index (χ4n) is 1.91. The highest BCUT2D eigenvalue weighted by atomic mass is 35.5. The van der Waals surface area contributed by atoms with Crippen LogP contribution in [0.25, 0.3) is 0 Å². The molecule has 9 heteroatoms. The third kappa shape index (κ3) is 4.70. The van der Waals surface area contributed by atoms with Gasteiger partial charge in [0, 0.05) is 12.1 Å². The molecule has 1 N–H and O–H groups in total. The largest absolute Gasteiger partial charge is 0.487 e. The van der Waals surface area contributed by atoms with Gasteiger partial charge in [-0.25, -0.2) is 13.1 Å². The third-order valence-corrected chi connectivity index (χ3v) is 5.35. The van der Waals surface area contributed by atoms with Crippen LogP contribution < -0.4 is 9.46 Å². The van der Waals surface area contributed by atoms with Gasteiger partial charge in [0.15, 0.2) is 0 Å². The molecule has 0 spiro atoms. The van der Waals surface area contributed by atoms with Crippen molar-refractivity contribution in [3.63, 3.8) is 0 Å². The van der Waals surface area contributed by atoms with Gasteiger partial charge >= 0.3 is 0 Å². The second kappa shape index (κ2) is 7.98. The Bertz CT molecular complexity index is 805. The molecule has 2 aromatic rings. The standard InChI is InChI=1S/C15H16ClNO5S2/c1-10(9-21-2)22-12-6-5-11(16)8-14(12)24(19,20)17-15(18)13-4-3-7-23-13/h3-8,10H,9H2,1-2H3,(H,17,18). The molecule has 1 aromatic carbocycles. The molecule has 0 saturated carbocycles. The van der Waals surface area contributed by atoms with Gasteiger partial charge < -0.3 is 9.47 Å². The number of methoxy groups -OCH3 is 1. The molecule has 0 aliphatic rings. The minimum atomic E-state index is -4.14. The predicted octanol–water partition coefficient (Wildman–Crippen LogP) is 2.93. The van der Waals surface area contributed by atoms with E-state index in [9.17, 15) is 13.2 Å². The number of carbonyl (C=O) groups is 1. The van der Waals surface area contributed by atoms with Gasteiger partial charge in [0.2, 0.25) is 0 Å². The first-order chi connectivity index (χ1) is 11.3. The molecule has 0 fully saturated rings. The van der Waals surface area contributed by atoms with Gasteiger partial charge in [-0.05, 0) is 36.6 Å². The number of nitrogens with one attached hydrogen (secondary N) is 1. The van der Waals surface area contributed by atoms with Crippen LogP contribution in [0.2, 0.25) is 5.02 Å². The number of rotatable bonds is 7. The van der Waals surface area contributed by atoms with Gasteiger partial charge in [0.05, 0.1) is 11.5 Å². The van der Waals surface area contributed by atoms with Crippen LogP contribution in [0.5, 0.6) is 5.75 Å². The number of hydrogen-bond donors (Lipinski definition) is 1. The molecule has 0 bridgehead atoms. The van der Waals surface area contributed by atoms with E-state index < -0.39 is 15.9 Å². The molecule has 1 aromatic heterocycles. The third-order valence-electron chi connectivity index (χ3n) is 2.90. The fourth-order valence-corrected chi connectivity index (χ4v) is 3.96. The number of benzene rings is 1. The summed E-state index contributed by atoms with van der Waals surface area (Å²) >= 11 is 7.04. The van der Waals surface area contributed by atoms with E-state index in [0.29, 0.717) is 0 Å². The molecule has 0 aliphatic carbocycles. The first-order valence-corrected chi connectivity index (χ1v) is 9.63. The SMILES string of the molecule is COCC(C)Oc1ccc(Cl)cc1S(=O)(=O)NC(=O)c1cccs1. The first kappa shape index (κ1) is 18.7. The maximum Gasteiger partial charge on any atom is 0.275 e. The van der Waals surface area contributed by atoms with E-state index >= 15 is 0 Å². The molecule has 24 heavy (non-hydrogen) atoms. The van der Waals surface area contributed by atoms with Crippen LogP contribution in [0.3, 0.4) is 0 Å². The second-order valence-electron chi connectivity index (χ2n) is 4.89. The van der Waals surface area contributed by atoms with Crippen molar-refractivity contribution in [2.24, 2.45) is 0 Å². The summed E-state index contributed by atoms with van der Waals surface area (Å²) < 4.78 is 37.7. The van der Waals surface area contributed by atoms with E-state index in [1.165, 1.54) is 31.4 Å². The number of carbonyl (C=O) groups excluding carboxylic acids is 1. The number of halogens is 1. The second-order valence-corrected chi connectivity index (χ2v) is 7.92. The molecule has 0 saturated heterocycles. The molecule has 1 amide bonds. The molecular weight excluding hydrogens is 374 g/mol. The van der Waals surface area contributed by atoms with Crippen LogP contribution >= 0.6 is 22.9 Å². The van der Waals surface area contributed by atoms with E-state index in [1.54, 1.807) is 18.4 Å². The van der Waals surface area contributed by atoms with Crippen molar-refractivity contribution in [1.82, 2.24) is 4.72 Å². The van der Waals surface area contributed by atoms with Crippen molar-refractivity contribution in [2.75, 3.05) is 13.7 Å². The van der Waals surface area contributed by atoms with E-state index in [1.807, 2.05) is 4.72 Å². The van der Waals surface area contributed by atoms with Crippen LogP contribution in [0.15, 0.2) is 40.6 Å². The first-order valence-electron chi connectivity index (χ1n) is 6.89. The van der Waals surface area contributed by atoms with Crippen molar-refractivity contribution >= 4 is 38.9 Å². The Morgan fingerprint density at radius 1 is 1.38 bits per heavy atom. The summed E-state index contributed by atoms with van der Waals surface area (Å²) in [6.07, 6.45) is -0.377. The fraction of sp³-hybridized carbons (Fsp3) is 0.267. The summed E-state index contributed by atoms with van der Waals surface area (Å²) in [5.41, 5.74) is 0. The Hall–Kier alpha value is -1.61. The van der Waals surface area contributed by atoms with Gasteiger partial charge in [0.25, 0.3) is 15.9 Å². The maximum absolute atomic E-state index is 12.6. The summed E-state index contributed by atoms with van der Waals surface area (Å²) in [6, 6.07) is 7.38. The maximum atomic E-state index is 12.6. The quantitative estimate of drug-likeness (QED) is 0.787. The number of thiophene rings is 1. The zero-order valence-electron chi connectivity index (χ0n) is 13.0. The van der Waals surface area contributed by atoms with Gasteiger partial charge in [-0.2, -0.15) is 0 Å². The lowest BCUT2D eigenvalue weighted by Gasteiger charge is -2.17. The molecule has 1 heterocycles. The highest BCUT2D eigenvalue weighted by Crippen LogP contribution is 2.28. The predicted molar refractivity (Wildman–Crippen MR) is 92.4 cm³/mol. The van der Waals surface area contributed by atoms with Gasteiger partial charge in [0.1, 0.15) is 16.7 Å². The highest BCUT2D eigenvalue weighted by molar-refractivity contribution is 7.90. The minimum Gasteiger partial charge on any atom is -0.487 e. The molecule has 0 aliphatic heterocycles.